The normalized spacial score (nSPS) is 12.9. The van der Waals surface area contributed by atoms with Crippen molar-refractivity contribution in [1.29, 1.82) is 0 Å². The summed E-state index contributed by atoms with van der Waals surface area (Å²) in [4.78, 5) is 0. The first kappa shape index (κ1) is 15.3. The highest BCUT2D eigenvalue weighted by atomic mass is 32.2. The third-order valence-electron chi connectivity index (χ3n) is 2.47. The number of nitrogens with one attached hydrogen (secondary N) is 1. The van der Waals surface area contributed by atoms with E-state index in [9.17, 15) is 0 Å². The van der Waals surface area contributed by atoms with Crippen LogP contribution in [0.25, 0.3) is 0 Å². The monoisotopic (exact) mass is 291 g/mol. The van der Waals surface area contributed by atoms with E-state index in [1.165, 1.54) is 19.3 Å². The van der Waals surface area contributed by atoms with Crippen LogP contribution in [0.3, 0.4) is 0 Å². The van der Waals surface area contributed by atoms with Crippen LogP contribution in [0.1, 0.15) is 33.1 Å². The van der Waals surface area contributed by atoms with Gasteiger partial charge in [0.25, 0.3) is 0 Å². The summed E-state index contributed by atoms with van der Waals surface area (Å²) in [6.07, 6.45) is 5.75. The molecule has 0 radical (unpaired) electrons. The van der Waals surface area contributed by atoms with Gasteiger partial charge in [0.05, 0.1) is 0 Å². The molecule has 1 unspecified atom stereocenters. The number of hydrogen-bond donors (Lipinski definition) is 1. The van der Waals surface area contributed by atoms with Gasteiger partial charge in [-0.2, -0.15) is 0 Å². The predicted octanol–water partition coefficient (Wildman–Crippen LogP) is 3.52. The van der Waals surface area contributed by atoms with E-state index in [1.807, 2.05) is 18.0 Å². The van der Waals surface area contributed by atoms with Gasteiger partial charge in [0.2, 0.25) is 0 Å². The molecule has 0 aliphatic rings. The summed E-state index contributed by atoms with van der Waals surface area (Å²) < 4.78 is 2.16. The molecule has 1 atom stereocenters. The van der Waals surface area contributed by atoms with Gasteiger partial charge < -0.3 is 5.32 Å². The smallest absolute Gasteiger partial charge is 0.175 e. The molecule has 0 bridgehead atoms. The fraction of sp³-hybridized carbons (Fsp3) is 0.818. The molecule has 0 aliphatic carbocycles. The maximum Gasteiger partial charge on any atom is 0.175 e. The molecule has 0 saturated heterocycles. The third kappa shape index (κ3) is 6.08. The molecule has 1 rings (SSSR count). The number of hydrogen-bond acceptors (Lipinski definition) is 6. The summed E-state index contributed by atoms with van der Waals surface area (Å²) in [6, 6.07) is 0.678. The van der Waals surface area contributed by atoms with Gasteiger partial charge in [0.1, 0.15) is 0 Å². The fourth-order valence-corrected chi connectivity index (χ4v) is 4.04. The van der Waals surface area contributed by atoms with Crippen LogP contribution in [0, 0.1) is 0 Å². The van der Waals surface area contributed by atoms with Crippen molar-refractivity contribution in [2.75, 3.05) is 18.6 Å². The van der Waals surface area contributed by atoms with Crippen LogP contribution in [0.2, 0.25) is 0 Å². The molecule has 0 saturated carbocycles. The molecule has 98 valence electrons. The Labute approximate surface area is 117 Å². The second kappa shape index (κ2) is 9.19. The van der Waals surface area contributed by atoms with Crippen LogP contribution in [0.4, 0.5) is 0 Å². The van der Waals surface area contributed by atoms with Gasteiger partial charge in [-0.1, -0.05) is 48.7 Å². The van der Waals surface area contributed by atoms with Crippen LogP contribution in [0.15, 0.2) is 8.68 Å². The summed E-state index contributed by atoms with van der Waals surface area (Å²) >= 11 is 5.19. The fourth-order valence-electron chi connectivity index (χ4n) is 1.57. The Kier molecular flexibility index (Phi) is 8.26. The first-order valence-corrected chi connectivity index (χ1v) is 9.06. The molecule has 1 heterocycles. The summed E-state index contributed by atoms with van der Waals surface area (Å²) in [7, 11) is 0. The first-order chi connectivity index (χ1) is 8.30. The van der Waals surface area contributed by atoms with Gasteiger partial charge >= 0.3 is 0 Å². The predicted molar refractivity (Wildman–Crippen MR) is 79.4 cm³/mol. The zero-order valence-corrected chi connectivity index (χ0v) is 13.2. The minimum absolute atomic E-state index is 0.678. The second-order valence-corrected chi connectivity index (χ2v) is 7.06. The zero-order valence-electron chi connectivity index (χ0n) is 10.7. The highest BCUT2D eigenvalue weighted by Gasteiger charge is 2.06. The summed E-state index contributed by atoms with van der Waals surface area (Å²) in [6.45, 7) is 5.48. The zero-order chi connectivity index (χ0) is 12.5. The van der Waals surface area contributed by atoms with E-state index in [0.29, 0.717) is 6.04 Å². The standard InChI is InChI=1S/C11H21N3S3/c1-4-9(12-5-2)7-6-8-16-11-14-13-10(15-3)17-11/h9,12H,4-8H2,1-3H3. The van der Waals surface area contributed by atoms with Gasteiger partial charge in [-0.25, -0.2) is 0 Å². The second-order valence-electron chi connectivity index (χ2n) is 3.69. The minimum Gasteiger partial charge on any atom is -0.314 e. The lowest BCUT2D eigenvalue weighted by Crippen LogP contribution is -2.28. The largest absolute Gasteiger partial charge is 0.314 e. The number of thioether (sulfide) groups is 2. The molecular formula is C11H21N3S3. The molecule has 0 aliphatic heterocycles. The summed E-state index contributed by atoms with van der Waals surface area (Å²) in [5.41, 5.74) is 0. The molecule has 1 aromatic rings. The first-order valence-electron chi connectivity index (χ1n) is 6.03. The van der Waals surface area contributed by atoms with E-state index < -0.39 is 0 Å². The van der Waals surface area contributed by atoms with Crippen molar-refractivity contribution in [3.8, 4) is 0 Å². The lowest BCUT2D eigenvalue weighted by Gasteiger charge is -2.14. The molecule has 17 heavy (non-hydrogen) atoms. The Morgan fingerprint density at radius 3 is 2.65 bits per heavy atom. The van der Waals surface area contributed by atoms with Crippen molar-refractivity contribution in [2.45, 2.75) is 47.8 Å². The van der Waals surface area contributed by atoms with Crippen molar-refractivity contribution >= 4 is 34.9 Å². The molecular weight excluding hydrogens is 270 g/mol. The number of rotatable bonds is 9. The average molecular weight is 292 g/mol. The summed E-state index contributed by atoms with van der Waals surface area (Å²) in [5.74, 6) is 1.14. The van der Waals surface area contributed by atoms with E-state index in [-0.39, 0.29) is 0 Å². The van der Waals surface area contributed by atoms with Gasteiger partial charge in [0, 0.05) is 11.8 Å². The van der Waals surface area contributed by atoms with Crippen LogP contribution >= 0.6 is 34.9 Å². The average Bonchev–Trinajstić information content (AvgIpc) is 2.81. The van der Waals surface area contributed by atoms with Crippen molar-refractivity contribution in [3.05, 3.63) is 0 Å². The highest BCUT2D eigenvalue weighted by molar-refractivity contribution is 8.02. The number of aromatic nitrogens is 2. The van der Waals surface area contributed by atoms with Gasteiger partial charge in [-0.15, -0.1) is 10.2 Å². The Morgan fingerprint density at radius 1 is 1.29 bits per heavy atom. The van der Waals surface area contributed by atoms with Crippen LogP contribution in [-0.2, 0) is 0 Å². The minimum atomic E-state index is 0.678. The topological polar surface area (TPSA) is 37.8 Å². The van der Waals surface area contributed by atoms with E-state index in [4.69, 9.17) is 0 Å². The molecule has 0 aromatic carbocycles. The Bertz CT molecular complexity index is 304. The van der Waals surface area contributed by atoms with Crippen molar-refractivity contribution in [3.63, 3.8) is 0 Å². The quantitative estimate of drug-likeness (QED) is 0.556. The lowest BCUT2D eigenvalue weighted by atomic mass is 10.1. The van der Waals surface area contributed by atoms with E-state index >= 15 is 0 Å². The molecule has 1 aromatic heterocycles. The molecule has 1 N–H and O–H groups in total. The van der Waals surface area contributed by atoms with Crippen molar-refractivity contribution in [2.24, 2.45) is 0 Å². The third-order valence-corrected chi connectivity index (χ3v) is 5.59. The lowest BCUT2D eigenvalue weighted by molar-refractivity contribution is 0.477. The number of nitrogens with zero attached hydrogens (tertiary/aromatic N) is 2. The van der Waals surface area contributed by atoms with E-state index in [0.717, 1.165) is 21.0 Å². The highest BCUT2D eigenvalue weighted by Crippen LogP contribution is 2.27. The molecule has 6 heteroatoms. The Morgan fingerprint density at radius 2 is 2.06 bits per heavy atom. The van der Waals surface area contributed by atoms with Crippen LogP contribution in [0.5, 0.6) is 0 Å². The maximum absolute atomic E-state index is 4.16. The van der Waals surface area contributed by atoms with E-state index in [1.54, 1.807) is 23.1 Å². The van der Waals surface area contributed by atoms with Crippen molar-refractivity contribution in [1.82, 2.24) is 15.5 Å². The maximum atomic E-state index is 4.16. The van der Waals surface area contributed by atoms with Gasteiger partial charge in [-0.05, 0) is 32.1 Å². The van der Waals surface area contributed by atoms with Gasteiger partial charge in [-0.3, -0.25) is 0 Å². The Balaban J connectivity index is 2.14. The SMILES string of the molecule is CCNC(CC)CCCSc1nnc(SC)s1. The Hall–Kier alpha value is 0.220. The van der Waals surface area contributed by atoms with Crippen molar-refractivity contribution < 1.29 is 0 Å². The molecule has 0 fully saturated rings. The van der Waals surface area contributed by atoms with Gasteiger partial charge in [0.15, 0.2) is 8.68 Å². The van der Waals surface area contributed by atoms with Crippen LogP contribution < -0.4 is 5.32 Å². The summed E-state index contributed by atoms with van der Waals surface area (Å²) in [5, 5.41) is 11.8. The van der Waals surface area contributed by atoms with Crippen LogP contribution in [-0.4, -0.2) is 34.8 Å². The van der Waals surface area contributed by atoms with E-state index in [2.05, 4.69) is 29.4 Å². The molecule has 3 nitrogen and oxygen atoms in total. The molecule has 0 spiro atoms. The molecule has 0 amide bonds.